The summed E-state index contributed by atoms with van der Waals surface area (Å²) in [5.74, 6) is 0.219. The van der Waals surface area contributed by atoms with Gasteiger partial charge in [-0.1, -0.05) is 19.1 Å². The van der Waals surface area contributed by atoms with Crippen LogP contribution in [0.15, 0.2) is 0 Å². The summed E-state index contributed by atoms with van der Waals surface area (Å²) in [6.07, 6.45) is 0.516. The molecule has 112 valence electrons. The molecule has 1 heterocycles. The first kappa shape index (κ1) is 14.9. The zero-order valence-corrected chi connectivity index (χ0v) is 12.3. The minimum atomic E-state index is -0.940. The molecule has 0 aliphatic heterocycles. The third-order valence-corrected chi connectivity index (χ3v) is 4.33. The number of carbonyl (C=O) groups excluding carboxylic acids is 1. The number of hydrogen-bond donors (Lipinski definition) is 3. The maximum atomic E-state index is 12.4. The Morgan fingerprint density at radius 2 is 2.35 bits per heavy atom. The summed E-state index contributed by atoms with van der Waals surface area (Å²) in [5.41, 5.74) is 4.94. The number of aromatic amines is 1. The Bertz CT molecular complexity index is 474. The summed E-state index contributed by atoms with van der Waals surface area (Å²) in [7, 11) is 0. The number of H-pyrrole nitrogens is 1. The van der Waals surface area contributed by atoms with Crippen molar-refractivity contribution in [1.82, 2.24) is 25.9 Å². The fourth-order valence-corrected chi connectivity index (χ4v) is 2.56. The van der Waals surface area contributed by atoms with Crippen molar-refractivity contribution in [1.29, 1.82) is 0 Å². The van der Waals surface area contributed by atoms with Crippen molar-refractivity contribution in [3.63, 3.8) is 0 Å². The molecule has 1 aromatic rings. The Hall–Kier alpha value is -1.54. The summed E-state index contributed by atoms with van der Waals surface area (Å²) >= 11 is 0. The van der Waals surface area contributed by atoms with E-state index < -0.39 is 11.0 Å². The number of carbonyl (C=O) groups is 1. The van der Waals surface area contributed by atoms with Crippen LogP contribution in [0.1, 0.15) is 46.0 Å². The van der Waals surface area contributed by atoms with Gasteiger partial charge in [-0.3, -0.25) is 4.79 Å². The first-order valence-corrected chi connectivity index (χ1v) is 6.77. The molecular formula is C12H22N6O2. The molecule has 3 atom stereocenters. The number of nitrogens with two attached hydrogens (primary N) is 1. The molecule has 0 radical (unpaired) electrons. The summed E-state index contributed by atoms with van der Waals surface area (Å²) in [6.45, 7) is 8.25. The molecule has 4 N–H and O–H groups in total. The van der Waals surface area contributed by atoms with Gasteiger partial charge in [-0.25, -0.2) is 0 Å². The van der Waals surface area contributed by atoms with Gasteiger partial charge in [-0.15, -0.1) is 10.2 Å². The van der Waals surface area contributed by atoms with E-state index in [9.17, 15) is 4.79 Å². The van der Waals surface area contributed by atoms with Crippen LogP contribution in [0.25, 0.3) is 0 Å². The first-order valence-electron chi connectivity index (χ1n) is 6.77. The molecular weight excluding hydrogens is 260 g/mol. The second-order valence-corrected chi connectivity index (χ2v) is 5.81. The number of aromatic nitrogens is 4. The third-order valence-electron chi connectivity index (χ3n) is 4.33. The number of tetrazole rings is 1. The fourth-order valence-electron chi connectivity index (χ4n) is 2.56. The van der Waals surface area contributed by atoms with Crippen LogP contribution < -0.4 is 11.1 Å². The first-order chi connectivity index (χ1) is 9.33. The van der Waals surface area contributed by atoms with E-state index in [0.29, 0.717) is 18.9 Å². The molecule has 0 spiro atoms. The number of hydrogen-bond acceptors (Lipinski definition) is 6. The lowest BCUT2D eigenvalue weighted by molar-refractivity contribution is -0.171. The highest BCUT2D eigenvalue weighted by molar-refractivity contribution is 5.89. The van der Waals surface area contributed by atoms with Crippen molar-refractivity contribution < 1.29 is 9.53 Å². The van der Waals surface area contributed by atoms with Crippen LogP contribution in [0, 0.1) is 5.41 Å². The molecule has 1 amide bonds. The lowest BCUT2D eigenvalue weighted by Crippen LogP contribution is -2.75. The van der Waals surface area contributed by atoms with Crippen molar-refractivity contribution in [2.75, 3.05) is 6.61 Å². The van der Waals surface area contributed by atoms with E-state index in [4.69, 9.17) is 10.5 Å². The van der Waals surface area contributed by atoms with Gasteiger partial charge in [0.1, 0.15) is 5.54 Å². The Labute approximate surface area is 117 Å². The van der Waals surface area contributed by atoms with Crippen LogP contribution in [0.2, 0.25) is 0 Å². The number of nitrogens with zero attached hydrogens (tertiary/aromatic N) is 3. The molecule has 1 aromatic heterocycles. The van der Waals surface area contributed by atoms with Crippen LogP contribution in [0.5, 0.6) is 0 Å². The Morgan fingerprint density at radius 1 is 1.65 bits per heavy atom. The maximum Gasteiger partial charge on any atom is 0.241 e. The van der Waals surface area contributed by atoms with E-state index >= 15 is 0 Å². The van der Waals surface area contributed by atoms with Crippen molar-refractivity contribution in [3.05, 3.63) is 5.82 Å². The SMILES string of the molecule is CCOC1CC(N)(C(=O)NC(C)c2nn[nH]n2)C1(C)C. The van der Waals surface area contributed by atoms with E-state index in [-0.39, 0.29) is 18.1 Å². The minimum absolute atomic E-state index is 0.00346. The predicted octanol–water partition coefficient (Wildman–Crippen LogP) is -0.0906. The maximum absolute atomic E-state index is 12.4. The summed E-state index contributed by atoms with van der Waals surface area (Å²) in [6, 6.07) is -0.344. The van der Waals surface area contributed by atoms with Crippen molar-refractivity contribution in [3.8, 4) is 0 Å². The van der Waals surface area contributed by atoms with Gasteiger partial charge in [-0.05, 0) is 13.8 Å². The normalized spacial score (nSPS) is 29.6. The molecule has 0 saturated heterocycles. The van der Waals surface area contributed by atoms with Gasteiger partial charge in [-0.2, -0.15) is 5.21 Å². The number of amides is 1. The monoisotopic (exact) mass is 282 g/mol. The quantitative estimate of drug-likeness (QED) is 0.694. The average molecular weight is 282 g/mol. The van der Waals surface area contributed by atoms with E-state index in [1.807, 2.05) is 20.8 Å². The van der Waals surface area contributed by atoms with Crippen LogP contribution in [0.3, 0.4) is 0 Å². The Morgan fingerprint density at radius 3 is 2.85 bits per heavy atom. The average Bonchev–Trinajstić information content (AvgIpc) is 2.92. The molecule has 2 rings (SSSR count). The smallest absolute Gasteiger partial charge is 0.241 e. The van der Waals surface area contributed by atoms with E-state index in [1.165, 1.54) is 0 Å². The molecule has 8 nitrogen and oxygen atoms in total. The third kappa shape index (κ3) is 2.18. The molecule has 1 saturated carbocycles. The highest BCUT2D eigenvalue weighted by atomic mass is 16.5. The van der Waals surface area contributed by atoms with Crippen molar-refractivity contribution >= 4 is 5.91 Å². The zero-order valence-electron chi connectivity index (χ0n) is 12.3. The second kappa shape index (κ2) is 5.10. The zero-order chi connectivity index (χ0) is 15.0. The largest absolute Gasteiger partial charge is 0.378 e. The molecule has 1 fully saturated rings. The topological polar surface area (TPSA) is 119 Å². The van der Waals surface area contributed by atoms with Gasteiger partial charge in [0, 0.05) is 18.4 Å². The standard InChI is InChI=1S/C12H22N6O2/c1-5-20-8-6-12(13,11(8,3)4)10(19)14-7(2)9-15-17-18-16-9/h7-8H,5-6,13H2,1-4H3,(H,14,19)(H,15,16,17,18). The van der Waals surface area contributed by atoms with E-state index in [2.05, 4.69) is 25.9 Å². The molecule has 8 heteroatoms. The van der Waals surface area contributed by atoms with Gasteiger partial charge in [0.05, 0.1) is 12.1 Å². The number of rotatable bonds is 5. The Kier molecular flexibility index (Phi) is 3.79. The molecule has 0 aromatic carbocycles. The fraction of sp³-hybridized carbons (Fsp3) is 0.833. The minimum Gasteiger partial charge on any atom is -0.378 e. The second-order valence-electron chi connectivity index (χ2n) is 5.81. The number of ether oxygens (including phenoxy) is 1. The molecule has 20 heavy (non-hydrogen) atoms. The van der Waals surface area contributed by atoms with Gasteiger partial charge < -0.3 is 15.8 Å². The highest BCUT2D eigenvalue weighted by Gasteiger charge is 2.63. The van der Waals surface area contributed by atoms with Crippen LogP contribution >= 0.6 is 0 Å². The predicted molar refractivity (Wildman–Crippen MR) is 71.5 cm³/mol. The van der Waals surface area contributed by atoms with Crippen LogP contribution in [-0.2, 0) is 9.53 Å². The lowest BCUT2D eigenvalue weighted by Gasteiger charge is -2.57. The van der Waals surface area contributed by atoms with Crippen molar-refractivity contribution in [2.24, 2.45) is 11.1 Å². The Balaban J connectivity index is 2.03. The summed E-state index contributed by atoms with van der Waals surface area (Å²) in [5, 5.41) is 16.4. The van der Waals surface area contributed by atoms with Gasteiger partial charge in [0.2, 0.25) is 5.91 Å². The van der Waals surface area contributed by atoms with E-state index in [1.54, 1.807) is 6.92 Å². The van der Waals surface area contributed by atoms with Gasteiger partial charge in [0.25, 0.3) is 0 Å². The summed E-state index contributed by atoms with van der Waals surface area (Å²) in [4.78, 5) is 12.4. The van der Waals surface area contributed by atoms with Crippen LogP contribution in [-0.4, -0.2) is 44.8 Å². The molecule has 0 bridgehead atoms. The molecule has 1 aliphatic carbocycles. The molecule has 3 unspecified atom stereocenters. The van der Waals surface area contributed by atoms with E-state index in [0.717, 1.165) is 0 Å². The van der Waals surface area contributed by atoms with Crippen molar-refractivity contribution in [2.45, 2.75) is 51.8 Å². The van der Waals surface area contributed by atoms with Gasteiger partial charge >= 0.3 is 0 Å². The van der Waals surface area contributed by atoms with Crippen LogP contribution in [0.4, 0.5) is 0 Å². The highest BCUT2D eigenvalue weighted by Crippen LogP contribution is 2.49. The van der Waals surface area contributed by atoms with Gasteiger partial charge in [0.15, 0.2) is 5.82 Å². The summed E-state index contributed by atoms with van der Waals surface area (Å²) < 4.78 is 5.62. The molecule has 1 aliphatic rings. The lowest BCUT2D eigenvalue weighted by atomic mass is 9.54. The number of nitrogens with one attached hydrogen (secondary N) is 2.